The molecule has 2 saturated heterocycles. The first-order valence-corrected chi connectivity index (χ1v) is 10.7. The normalized spacial score (nSPS) is 17.4. The van der Waals surface area contributed by atoms with Gasteiger partial charge in [-0.2, -0.15) is 9.78 Å². The van der Waals surface area contributed by atoms with Crippen LogP contribution in [0, 0.1) is 6.92 Å². The molecule has 2 fully saturated rings. The summed E-state index contributed by atoms with van der Waals surface area (Å²) in [4.78, 5) is 30.6. The number of aryl methyl sites for hydroxylation is 1. The Morgan fingerprint density at radius 1 is 1.07 bits per heavy atom. The van der Waals surface area contributed by atoms with Crippen molar-refractivity contribution in [1.82, 2.24) is 19.6 Å². The first kappa shape index (κ1) is 20.4. The van der Waals surface area contributed by atoms with Gasteiger partial charge in [0.25, 0.3) is 0 Å². The number of nitrogens with one attached hydrogen (secondary N) is 1. The molecule has 2 amide bonds. The van der Waals surface area contributed by atoms with E-state index in [0.29, 0.717) is 18.8 Å². The molecule has 0 spiro atoms. The molecular weight excluding hydrogens is 380 g/mol. The van der Waals surface area contributed by atoms with E-state index < -0.39 is 0 Å². The molecule has 4 rings (SSSR count). The molecule has 0 radical (unpaired) electrons. The quantitative estimate of drug-likeness (QED) is 0.839. The lowest BCUT2D eigenvalue weighted by molar-refractivity contribution is -0.114. The third kappa shape index (κ3) is 4.64. The van der Waals surface area contributed by atoms with Gasteiger partial charge in [0.15, 0.2) is 0 Å². The molecule has 0 saturated carbocycles. The van der Waals surface area contributed by atoms with Crippen LogP contribution in [-0.2, 0) is 11.3 Å². The number of hydrogen-bond acceptors (Lipinski definition) is 5. The largest absolute Gasteiger partial charge is 0.371 e. The highest BCUT2D eigenvalue weighted by molar-refractivity contribution is 5.89. The fourth-order valence-electron chi connectivity index (χ4n) is 4.24. The Hall–Kier alpha value is -2.87. The zero-order chi connectivity index (χ0) is 21.1. The molecule has 0 unspecified atom stereocenters. The van der Waals surface area contributed by atoms with Crippen LogP contribution in [0.4, 0.5) is 16.2 Å². The number of nitrogens with zero attached hydrogens (tertiary/aromatic N) is 5. The van der Waals surface area contributed by atoms with E-state index in [0.717, 1.165) is 32.7 Å². The number of anilines is 2. The molecule has 3 heterocycles. The third-order valence-corrected chi connectivity index (χ3v) is 5.82. The van der Waals surface area contributed by atoms with Crippen molar-refractivity contribution < 1.29 is 9.59 Å². The number of hydrogen-bond donors (Lipinski definition) is 1. The van der Waals surface area contributed by atoms with E-state index in [1.54, 1.807) is 6.20 Å². The molecule has 0 aliphatic carbocycles. The van der Waals surface area contributed by atoms with Gasteiger partial charge in [-0.05, 0) is 37.0 Å². The summed E-state index contributed by atoms with van der Waals surface area (Å²) in [6, 6.07) is 6.61. The van der Waals surface area contributed by atoms with Crippen molar-refractivity contribution >= 4 is 23.3 Å². The zero-order valence-corrected chi connectivity index (χ0v) is 17.8. The molecule has 8 heteroatoms. The van der Waals surface area contributed by atoms with E-state index >= 15 is 0 Å². The number of carbonyl (C=O) groups is 2. The molecular formula is C22H30N6O2. The molecule has 0 atom stereocenters. The predicted octanol–water partition coefficient (Wildman–Crippen LogP) is 2.54. The van der Waals surface area contributed by atoms with Crippen molar-refractivity contribution in [1.29, 1.82) is 0 Å². The van der Waals surface area contributed by atoms with Crippen molar-refractivity contribution in [2.75, 3.05) is 49.5 Å². The van der Waals surface area contributed by atoms with E-state index in [-0.39, 0.29) is 11.9 Å². The number of benzene rings is 1. The molecule has 1 N–H and O–H groups in total. The standard InChI is InChI=1S/C22H30N6O2/c1-17-5-6-19(21(13-17)26-7-3-4-8-26)15-25-9-11-27(12-10-25)22(30)28-16-20(14-23-28)24-18(2)29/h5-6,13-14,16H,3-4,7-12,15H2,1-2H3,(H,24,29). The topological polar surface area (TPSA) is 73.7 Å². The Balaban J connectivity index is 1.35. The minimum absolute atomic E-state index is 0.153. The highest BCUT2D eigenvalue weighted by Gasteiger charge is 2.24. The molecule has 2 aromatic rings. The summed E-state index contributed by atoms with van der Waals surface area (Å²) >= 11 is 0. The van der Waals surface area contributed by atoms with Crippen LogP contribution in [-0.4, -0.2) is 70.8 Å². The minimum atomic E-state index is -0.181. The SMILES string of the molecule is CC(=O)Nc1cnn(C(=O)N2CCN(Cc3ccc(C)cc3N3CCCC3)CC2)c1. The van der Waals surface area contributed by atoms with Crippen molar-refractivity contribution in [2.45, 2.75) is 33.2 Å². The minimum Gasteiger partial charge on any atom is -0.371 e. The molecule has 1 aromatic heterocycles. The summed E-state index contributed by atoms with van der Waals surface area (Å²) < 4.78 is 1.30. The van der Waals surface area contributed by atoms with Gasteiger partial charge in [0.2, 0.25) is 5.91 Å². The van der Waals surface area contributed by atoms with Crippen LogP contribution in [0.3, 0.4) is 0 Å². The maximum atomic E-state index is 12.7. The second-order valence-electron chi connectivity index (χ2n) is 8.23. The van der Waals surface area contributed by atoms with E-state index in [9.17, 15) is 9.59 Å². The van der Waals surface area contributed by atoms with Crippen molar-refractivity contribution in [3.63, 3.8) is 0 Å². The lowest BCUT2D eigenvalue weighted by atomic mass is 10.1. The summed E-state index contributed by atoms with van der Waals surface area (Å²) in [5.41, 5.74) is 4.57. The summed E-state index contributed by atoms with van der Waals surface area (Å²) in [5.74, 6) is -0.181. The monoisotopic (exact) mass is 410 g/mol. The maximum Gasteiger partial charge on any atom is 0.344 e. The summed E-state index contributed by atoms with van der Waals surface area (Å²) in [7, 11) is 0. The second kappa shape index (κ2) is 8.87. The van der Waals surface area contributed by atoms with Crippen LogP contribution in [0.15, 0.2) is 30.6 Å². The van der Waals surface area contributed by atoms with E-state index in [1.807, 2.05) is 4.90 Å². The molecule has 1 aromatic carbocycles. The van der Waals surface area contributed by atoms with Crippen molar-refractivity contribution in [3.05, 3.63) is 41.7 Å². The first-order valence-electron chi connectivity index (χ1n) is 10.7. The van der Waals surface area contributed by atoms with Gasteiger partial charge < -0.3 is 15.1 Å². The van der Waals surface area contributed by atoms with Gasteiger partial charge in [0, 0.05) is 58.4 Å². The van der Waals surface area contributed by atoms with Crippen LogP contribution < -0.4 is 10.2 Å². The van der Waals surface area contributed by atoms with Gasteiger partial charge in [0.1, 0.15) is 0 Å². The van der Waals surface area contributed by atoms with Gasteiger partial charge in [-0.1, -0.05) is 12.1 Å². The van der Waals surface area contributed by atoms with E-state index in [1.165, 1.54) is 47.5 Å². The van der Waals surface area contributed by atoms with Crippen molar-refractivity contribution in [2.24, 2.45) is 0 Å². The number of piperazine rings is 1. The lowest BCUT2D eigenvalue weighted by Gasteiger charge is -2.35. The van der Waals surface area contributed by atoms with Crippen LogP contribution in [0.25, 0.3) is 0 Å². The Morgan fingerprint density at radius 2 is 1.80 bits per heavy atom. The summed E-state index contributed by atoms with van der Waals surface area (Å²) in [6.45, 7) is 9.77. The Kier molecular flexibility index (Phi) is 6.03. The average molecular weight is 411 g/mol. The van der Waals surface area contributed by atoms with Crippen LogP contribution >= 0.6 is 0 Å². The number of aromatic nitrogens is 2. The van der Waals surface area contributed by atoms with Gasteiger partial charge >= 0.3 is 6.03 Å². The molecule has 30 heavy (non-hydrogen) atoms. The van der Waals surface area contributed by atoms with Gasteiger partial charge in [-0.25, -0.2) is 4.79 Å². The lowest BCUT2D eigenvalue weighted by Crippen LogP contribution is -2.49. The number of amides is 2. The van der Waals surface area contributed by atoms with Gasteiger partial charge in [-0.15, -0.1) is 0 Å². The number of rotatable bonds is 4. The van der Waals surface area contributed by atoms with Crippen molar-refractivity contribution in [3.8, 4) is 0 Å². The smallest absolute Gasteiger partial charge is 0.344 e. The fourth-order valence-corrected chi connectivity index (χ4v) is 4.24. The van der Waals surface area contributed by atoms with Crippen LogP contribution in [0.5, 0.6) is 0 Å². The van der Waals surface area contributed by atoms with Crippen LogP contribution in [0.2, 0.25) is 0 Å². The summed E-state index contributed by atoms with van der Waals surface area (Å²) in [5, 5.41) is 6.73. The molecule has 0 bridgehead atoms. The fraction of sp³-hybridized carbons (Fsp3) is 0.500. The molecule has 2 aliphatic rings. The highest BCUT2D eigenvalue weighted by Crippen LogP contribution is 2.27. The Labute approximate surface area is 177 Å². The molecule has 8 nitrogen and oxygen atoms in total. The van der Waals surface area contributed by atoms with Gasteiger partial charge in [0.05, 0.1) is 18.1 Å². The highest BCUT2D eigenvalue weighted by atomic mass is 16.2. The van der Waals surface area contributed by atoms with E-state index in [2.05, 4.69) is 45.3 Å². The number of carbonyl (C=O) groups excluding carboxylic acids is 2. The molecule has 2 aliphatic heterocycles. The zero-order valence-electron chi connectivity index (χ0n) is 17.8. The predicted molar refractivity (Wildman–Crippen MR) is 117 cm³/mol. The van der Waals surface area contributed by atoms with E-state index in [4.69, 9.17) is 0 Å². The average Bonchev–Trinajstić information content (AvgIpc) is 3.41. The second-order valence-corrected chi connectivity index (χ2v) is 8.23. The Bertz CT molecular complexity index is 910. The third-order valence-electron chi connectivity index (χ3n) is 5.82. The first-order chi connectivity index (χ1) is 14.5. The van der Waals surface area contributed by atoms with Gasteiger partial charge in [-0.3, -0.25) is 9.69 Å². The summed E-state index contributed by atoms with van der Waals surface area (Å²) in [6.07, 6.45) is 5.59. The molecule has 160 valence electrons. The Morgan fingerprint density at radius 3 is 2.50 bits per heavy atom. The van der Waals surface area contributed by atoms with Crippen LogP contribution in [0.1, 0.15) is 30.9 Å². The maximum absolute atomic E-state index is 12.7.